The minimum atomic E-state index is -0.634. The topological polar surface area (TPSA) is 78.5 Å². The molecular formula is C19H15ClF2N6. The fraction of sp³-hybridized carbons (Fsp3) is 0.105. The van der Waals surface area contributed by atoms with Crippen molar-refractivity contribution in [3.05, 3.63) is 70.4 Å². The Morgan fingerprint density at radius 3 is 2.68 bits per heavy atom. The first kappa shape index (κ1) is 18.1. The quantitative estimate of drug-likeness (QED) is 0.442. The first-order chi connectivity index (χ1) is 13.5. The van der Waals surface area contributed by atoms with E-state index in [9.17, 15) is 8.78 Å². The van der Waals surface area contributed by atoms with E-state index in [1.165, 1.54) is 12.1 Å². The number of nitrogens with zero attached hydrogens (tertiary/aromatic N) is 3. The van der Waals surface area contributed by atoms with Crippen molar-refractivity contribution in [1.82, 2.24) is 20.2 Å². The Hall–Kier alpha value is -3.26. The second-order valence-electron chi connectivity index (χ2n) is 6.21. The fourth-order valence-electron chi connectivity index (χ4n) is 2.72. The van der Waals surface area contributed by atoms with Crippen LogP contribution in [-0.2, 0) is 6.54 Å². The van der Waals surface area contributed by atoms with Gasteiger partial charge in [0.1, 0.15) is 17.5 Å². The van der Waals surface area contributed by atoms with E-state index in [2.05, 4.69) is 30.8 Å². The molecule has 0 aliphatic heterocycles. The minimum absolute atomic E-state index is 0.103. The van der Waals surface area contributed by atoms with Crippen LogP contribution in [0.1, 0.15) is 11.3 Å². The molecular weight excluding hydrogens is 386 g/mol. The molecule has 0 atom stereocenters. The molecule has 0 spiro atoms. The van der Waals surface area contributed by atoms with Gasteiger partial charge in [0.15, 0.2) is 5.82 Å². The number of fused-ring (bicyclic) bond motifs is 1. The molecule has 0 radical (unpaired) electrons. The van der Waals surface area contributed by atoms with Crippen LogP contribution in [0.2, 0.25) is 5.02 Å². The largest absolute Gasteiger partial charge is 0.350 e. The zero-order chi connectivity index (χ0) is 19.7. The van der Waals surface area contributed by atoms with Crippen molar-refractivity contribution in [3.63, 3.8) is 0 Å². The lowest BCUT2D eigenvalue weighted by Crippen LogP contribution is -2.07. The molecule has 0 aliphatic carbocycles. The molecule has 2 heterocycles. The van der Waals surface area contributed by atoms with Crippen LogP contribution in [-0.4, -0.2) is 20.2 Å². The number of benzene rings is 2. The third-order valence-electron chi connectivity index (χ3n) is 4.06. The van der Waals surface area contributed by atoms with Crippen LogP contribution < -0.4 is 10.6 Å². The van der Waals surface area contributed by atoms with Crippen molar-refractivity contribution in [2.45, 2.75) is 13.5 Å². The van der Waals surface area contributed by atoms with Gasteiger partial charge in [0.05, 0.1) is 5.52 Å². The molecule has 3 N–H and O–H groups in total. The Balaban J connectivity index is 1.67. The maximum absolute atomic E-state index is 13.9. The van der Waals surface area contributed by atoms with Crippen LogP contribution in [0.25, 0.3) is 10.9 Å². The van der Waals surface area contributed by atoms with Crippen molar-refractivity contribution < 1.29 is 8.78 Å². The van der Waals surface area contributed by atoms with Crippen LogP contribution in [0.4, 0.5) is 26.4 Å². The standard InChI is InChI=1S/C19H15ClF2N6/c1-10-6-17(28-27-10)25-18-14-7-12(20)3-5-16(14)24-19(26-18)23-9-11-2-4-13(21)8-15(11)22/h2-8H,9H2,1H3,(H3,23,24,25,26,27,28). The van der Waals surface area contributed by atoms with E-state index in [0.717, 1.165) is 11.8 Å². The minimum Gasteiger partial charge on any atom is -0.350 e. The molecule has 6 nitrogen and oxygen atoms in total. The molecule has 0 fully saturated rings. The smallest absolute Gasteiger partial charge is 0.225 e. The van der Waals surface area contributed by atoms with Crippen LogP contribution in [0.15, 0.2) is 42.5 Å². The number of hydrogen-bond acceptors (Lipinski definition) is 5. The van der Waals surface area contributed by atoms with Gasteiger partial charge >= 0.3 is 0 Å². The third kappa shape index (κ3) is 3.86. The average Bonchev–Trinajstić information content (AvgIpc) is 3.06. The number of rotatable bonds is 5. The number of aryl methyl sites for hydroxylation is 1. The molecule has 4 rings (SSSR count). The highest BCUT2D eigenvalue weighted by atomic mass is 35.5. The number of nitrogens with one attached hydrogen (secondary N) is 3. The highest BCUT2D eigenvalue weighted by Gasteiger charge is 2.11. The third-order valence-corrected chi connectivity index (χ3v) is 4.30. The summed E-state index contributed by atoms with van der Waals surface area (Å²) >= 11 is 6.12. The summed E-state index contributed by atoms with van der Waals surface area (Å²) in [5, 5.41) is 14.4. The molecule has 0 unspecified atom stereocenters. The Kier molecular flexibility index (Phi) is 4.79. The second kappa shape index (κ2) is 7.40. The predicted molar refractivity (Wildman–Crippen MR) is 105 cm³/mol. The first-order valence-electron chi connectivity index (χ1n) is 8.42. The normalized spacial score (nSPS) is 11.0. The van der Waals surface area contributed by atoms with Gasteiger partial charge in [0.25, 0.3) is 0 Å². The number of hydrogen-bond donors (Lipinski definition) is 3. The summed E-state index contributed by atoms with van der Waals surface area (Å²) in [5.41, 5.74) is 1.85. The van der Waals surface area contributed by atoms with Crippen LogP contribution in [0.3, 0.4) is 0 Å². The fourth-order valence-corrected chi connectivity index (χ4v) is 2.89. The molecule has 2 aromatic carbocycles. The van der Waals surface area contributed by atoms with Crippen molar-refractivity contribution in [2.24, 2.45) is 0 Å². The highest BCUT2D eigenvalue weighted by Crippen LogP contribution is 2.27. The van der Waals surface area contributed by atoms with E-state index >= 15 is 0 Å². The van der Waals surface area contributed by atoms with Crippen LogP contribution >= 0.6 is 11.6 Å². The van der Waals surface area contributed by atoms with Gasteiger partial charge in [0.2, 0.25) is 5.95 Å². The van der Waals surface area contributed by atoms with Gasteiger partial charge in [-0.15, -0.1) is 0 Å². The van der Waals surface area contributed by atoms with Gasteiger partial charge in [-0.25, -0.2) is 13.8 Å². The van der Waals surface area contributed by atoms with Crippen LogP contribution in [0.5, 0.6) is 0 Å². The predicted octanol–water partition coefficient (Wildman–Crippen LogP) is 4.95. The number of anilines is 3. The molecule has 4 aromatic rings. The summed E-state index contributed by atoms with van der Waals surface area (Å²) in [7, 11) is 0. The van der Waals surface area contributed by atoms with E-state index in [0.29, 0.717) is 33.1 Å². The van der Waals surface area contributed by atoms with Gasteiger partial charge in [0, 0.05) is 40.3 Å². The van der Waals surface area contributed by atoms with Crippen LogP contribution in [0, 0.1) is 18.6 Å². The maximum Gasteiger partial charge on any atom is 0.225 e. The van der Waals surface area contributed by atoms with Gasteiger partial charge < -0.3 is 10.6 Å². The second-order valence-corrected chi connectivity index (χ2v) is 6.64. The summed E-state index contributed by atoms with van der Waals surface area (Å²) in [6, 6.07) is 10.5. The SMILES string of the molecule is Cc1cc(Nc2nc(NCc3ccc(F)cc3F)nc3ccc(Cl)cc23)n[nH]1. The average molecular weight is 401 g/mol. The molecule has 0 bridgehead atoms. The molecule has 9 heteroatoms. The van der Waals surface area contributed by atoms with Gasteiger partial charge in [-0.3, -0.25) is 5.10 Å². The monoisotopic (exact) mass is 400 g/mol. The summed E-state index contributed by atoms with van der Waals surface area (Å²) in [4.78, 5) is 8.91. The molecule has 0 saturated heterocycles. The number of halogens is 3. The first-order valence-corrected chi connectivity index (χ1v) is 8.80. The molecule has 28 heavy (non-hydrogen) atoms. The lowest BCUT2D eigenvalue weighted by Gasteiger charge is -2.11. The highest BCUT2D eigenvalue weighted by molar-refractivity contribution is 6.31. The van der Waals surface area contributed by atoms with E-state index in [1.807, 2.05) is 13.0 Å². The van der Waals surface area contributed by atoms with E-state index in [4.69, 9.17) is 11.6 Å². The van der Waals surface area contributed by atoms with Crippen molar-refractivity contribution in [3.8, 4) is 0 Å². The zero-order valence-corrected chi connectivity index (χ0v) is 15.5. The summed E-state index contributed by atoms with van der Waals surface area (Å²) in [6.07, 6.45) is 0. The van der Waals surface area contributed by atoms with Gasteiger partial charge in [-0.1, -0.05) is 17.7 Å². The maximum atomic E-state index is 13.9. The molecule has 0 aliphatic rings. The Morgan fingerprint density at radius 2 is 1.93 bits per heavy atom. The molecule has 0 amide bonds. The Morgan fingerprint density at radius 1 is 1.07 bits per heavy atom. The van der Waals surface area contributed by atoms with Crippen molar-refractivity contribution in [2.75, 3.05) is 10.6 Å². The van der Waals surface area contributed by atoms with E-state index < -0.39 is 11.6 Å². The van der Waals surface area contributed by atoms with Crippen molar-refractivity contribution >= 4 is 40.1 Å². The van der Waals surface area contributed by atoms with Gasteiger partial charge in [-0.05, 0) is 31.2 Å². The number of aromatic nitrogens is 4. The lowest BCUT2D eigenvalue weighted by atomic mass is 10.2. The summed E-state index contributed by atoms with van der Waals surface area (Å²) in [6.45, 7) is 1.99. The van der Waals surface area contributed by atoms with E-state index in [1.54, 1.807) is 18.2 Å². The number of H-pyrrole nitrogens is 1. The van der Waals surface area contributed by atoms with E-state index in [-0.39, 0.29) is 12.5 Å². The molecule has 2 aromatic heterocycles. The van der Waals surface area contributed by atoms with Crippen molar-refractivity contribution in [1.29, 1.82) is 0 Å². The Bertz CT molecular complexity index is 1160. The summed E-state index contributed by atoms with van der Waals surface area (Å²) < 4.78 is 26.9. The molecule has 142 valence electrons. The summed E-state index contributed by atoms with van der Waals surface area (Å²) in [5.74, 6) is 0.119. The lowest BCUT2D eigenvalue weighted by molar-refractivity contribution is 0.574. The molecule has 0 saturated carbocycles. The number of aromatic amines is 1. The zero-order valence-electron chi connectivity index (χ0n) is 14.7. The Labute approximate surface area is 164 Å². The van der Waals surface area contributed by atoms with Gasteiger partial charge in [-0.2, -0.15) is 10.1 Å².